The highest BCUT2D eigenvalue weighted by molar-refractivity contribution is 6.79. The fourth-order valence-corrected chi connectivity index (χ4v) is 3.80. The zero-order valence-electron chi connectivity index (χ0n) is 14.8. The highest BCUT2D eigenvalue weighted by atomic mass is 16.7. The number of carbonyl (C=O) groups is 2. The fraction of sp³-hybridized carbons (Fsp3) is 0.250. The number of hydrogen-bond donors (Lipinski definition) is 0. The van der Waals surface area contributed by atoms with E-state index < -0.39 is 24.5 Å². The maximum absolute atomic E-state index is 12.6. The zero-order chi connectivity index (χ0) is 18.3. The van der Waals surface area contributed by atoms with Gasteiger partial charge in [0, 0.05) is 11.1 Å². The van der Waals surface area contributed by atoms with Crippen LogP contribution in [0.4, 0.5) is 0 Å². The Morgan fingerprint density at radius 2 is 1.73 bits per heavy atom. The second-order valence-corrected chi connectivity index (χ2v) is 7.00. The molecule has 0 aromatic heterocycles. The van der Waals surface area contributed by atoms with Crippen LogP contribution in [0.25, 0.3) is 0 Å². The van der Waals surface area contributed by atoms with Crippen molar-refractivity contribution in [1.82, 2.24) is 0 Å². The minimum Gasteiger partial charge on any atom is -0.593 e. The Morgan fingerprint density at radius 3 is 2.50 bits per heavy atom. The van der Waals surface area contributed by atoms with E-state index in [9.17, 15) is 9.59 Å². The summed E-state index contributed by atoms with van der Waals surface area (Å²) in [5.74, 6) is -1.35. The maximum Gasteiger partial charge on any atom is 0.684 e. The van der Waals surface area contributed by atoms with Crippen LogP contribution in [-0.2, 0) is 18.9 Å². The van der Waals surface area contributed by atoms with Crippen molar-refractivity contribution in [3.05, 3.63) is 65.7 Å². The van der Waals surface area contributed by atoms with Crippen molar-refractivity contribution >= 4 is 30.3 Å². The van der Waals surface area contributed by atoms with Crippen molar-refractivity contribution in [2.24, 2.45) is 5.92 Å². The van der Waals surface area contributed by atoms with Crippen LogP contribution in [0.15, 0.2) is 54.6 Å². The smallest absolute Gasteiger partial charge is 0.593 e. The Labute approximate surface area is 152 Å². The van der Waals surface area contributed by atoms with Gasteiger partial charge in [-0.25, -0.2) is 0 Å². The van der Waals surface area contributed by atoms with Gasteiger partial charge in [0.25, 0.3) is 11.9 Å². The number of fused-ring (bicyclic) bond motifs is 2. The van der Waals surface area contributed by atoms with Gasteiger partial charge in [-0.2, -0.15) is 0 Å². The van der Waals surface area contributed by atoms with E-state index in [1.807, 2.05) is 72.2 Å². The molecule has 0 bridgehead atoms. The standard InChI is InChI=1S/C20H20BNO4/c1-14-12-19(23)25-21(26-20(14)24)18-11-7-6-10-17(18)13-22(21)15(2)16-8-4-3-5-9-16/h3-11,13-15H,12H2,1-2H3/t14?,15-,21?/m1/s1. The third-order valence-electron chi connectivity index (χ3n) is 5.24. The van der Waals surface area contributed by atoms with Crippen LogP contribution in [0.2, 0.25) is 0 Å². The van der Waals surface area contributed by atoms with Crippen LogP contribution in [0.3, 0.4) is 0 Å². The normalized spacial score (nSPS) is 25.8. The predicted molar refractivity (Wildman–Crippen MR) is 98.1 cm³/mol. The first kappa shape index (κ1) is 16.6. The van der Waals surface area contributed by atoms with Gasteiger partial charge in [0.2, 0.25) is 0 Å². The molecule has 2 aromatic rings. The molecule has 2 aliphatic heterocycles. The lowest BCUT2D eigenvalue weighted by Crippen LogP contribution is -2.62. The topological polar surface area (TPSA) is 55.6 Å². The summed E-state index contributed by atoms with van der Waals surface area (Å²) in [6.07, 6.45) is 1.95. The van der Waals surface area contributed by atoms with E-state index >= 15 is 0 Å². The van der Waals surface area contributed by atoms with Crippen LogP contribution in [0, 0.1) is 5.92 Å². The fourth-order valence-electron chi connectivity index (χ4n) is 3.80. The van der Waals surface area contributed by atoms with Gasteiger partial charge >= 0.3 is 6.69 Å². The summed E-state index contributed by atoms with van der Waals surface area (Å²) in [5.41, 5.74) is 2.67. The molecule has 2 aromatic carbocycles. The predicted octanol–water partition coefficient (Wildman–Crippen LogP) is 2.16. The molecule has 2 aliphatic rings. The Bertz CT molecular complexity index is 911. The summed E-state index contributed by atoms with van der Waals surface area (Å²) in [7, 11) is 0. The molecule has 4 rings (SSSR count). The summed E-state index contributed by atoms with van der Waals surface area (Å²) in [6.45, 7) is 1.28. The Hall–Kier alpha value is -2.89. The van der Waals surface area contributed by atoms with Gasteiger partial charge in [-0.15, -0.1) is 0 Å². The first-order valence-corrected chi connectivity index (χ1v) is 8.87. The molecule has 0 N–H and O–H groups in total. The Kier molecular flexibility index (Phi) is 3.91. The molecule has 5 nitrogen and oxygen atoms in total. The van der Waals surface area contributed by atoms with Gasteiger partial charge in [-0.1, -0.05) is 61.5 Å². The van der Waals surface area contributed by atoms with Crippen molar-refractivity contribution < 1.29 is 23.4 Å². The maximum atomic E-state index is 12.6. The van der Waals surface area contributed by atoms with Gasteiger partial charge in [-0.3, -0.25) is 9.59 Å². The molecule has 0 aliphatic carbocycles. The molecule has 6 heteroatoms. The number of carbonyl (C=O) groups excluding carboxylic acids is 2. The van der Waals surface area contributed by atoms with Crippen LogP contribution >= 0.6 is 0 Å². The van der Waals surface area contributed by atoms with Crippen molar-refractivity contribution in [1.29, 1.82) is 0 Å². The van der Waals surface area contributed by atoms with E-state index in [1.165, 1.54) is 0 Å². The van der Waals surface area contributed by atoms with E-state index in [0.717, 1.165) is 16.6 Å². The van der Waals surface area contributed by atoms with Crippen molar-refractivity contribution in [2.45, 2.75) is 26.3 Å². The van der Waals surface area contributed by atoms with Gasteiger partial charge in [0.1, 0.15) is 12.3 Å². The van der Waals surface area contributed by atoms with E-state index in [2.05, 4.69) is 0 Å². The summed E-state index contributed by atoms with van der Waals surface area (Å²) >= 11 is 0. The van der Waals surface area contributed by atoms with Crippen LogP contribution in [-0.4, -0.2) is 29.3 Å². The molecular weight excluding hydrogens is 329 g/mol. The first-order chi connectivity index (χ1) is 12.5. The van der Waals surface area contributed by atoms with Crippen LogP contribution in [0.1, 0.15) is 37.4 Å². The highest BCUT2D eigenvalue weighted by Gasteiger charge is 2.58. The van der Waals surface area contributed by atoms with Gasteiger partial charge in [0.05, 0.1) is 12.3 Å². The van der Waals surface area contributed by atoms with E-state index in [0.29, 0.717) is 0 Å². The van der Waals surface area contributed by atoms with Crippen LogP contribution in [0.5, 0.6) is 0 Å². The van der Waals surface area contributed by atoms with E-state index in [1.54, 1.807) is 6.92 Å². The largest absolute Gasteiger partial charge is 0.684 e. The molecule has 2 heterocycles. The number of benzene rings is 2. The SMILES string of the molecule is CC1CC(=O)O[B-]2(OC1=O)c1ccccc1C=[N+]2[C@H](C)c1ccccc1. The molecule has 0 radical (unpaired) electrons. The monoisotopic (exact) mass is 349 g/mol. The van der Waals surface area contributed by atoms with Crippen molar-refractivity contribution in [3.8, 4) is 0 Å². The van der Waals surface area contributed by atoms with E-state index in [4.69, 9.17) is 9.31 Å². The third kappa shape index (κ3) is 2.53. The lowest BCUT2D eigenvalue weighted by molar-refractivity contribution is -0.467. The quantitative estimate of drug-likeness (QED) is 0.780. The molecule has 26 heavy (non-hydrogen) atoms. The number of rotatable bonds is 2. The number of nitrogens with zero attached hydrogens (tertiary/aromatic N) is 1. The zero-order valence-corrected chi connectivity index (χ0v) is 14.8. The van der Waals surface area contributed by atoms with Gasteiger partial charge in [-0.05, 0) is 12.4 Å². The van der Waals surface area contributed by atoms with Crippen molar-refractivity contribution in [3.63, 3.8) is 0 Å². The first-order valence-electron chi connectivity index (χ1n) is 8.87. The molecule has 1 saturated heterocycles. The molecule has 1 spiro atoms. The summed E-state index contributed by atoms with van der Waals surface area (Å²) < 4.78 is 13.6. The molecule has 3 atom stereocenters. The van der Waals surface area contributed by atoms with E-state index in [-0.39, 0.29) is 12.5 Å². The minimum absolute atomic E-state index is 0.0259. The number of hydrogen-bond acceptors (Lipinski definition) is 4. The molecule has 0 saturated carbocycles. The highest BCUT2D eigenvalue weighted by Crippen LogP contribution is 2.30. The average Bonchev–Trinajstić information content (AvgIpc) is 2.89. The summed E-state index contributed by atoms with van der Waals surface area (Å²) in [6, 6.07) is 17.3. The van der Waals surface area contributed by atoms with Gasteiger partial charge in [0.15, 0.2) is 0 Å². The Balaban J connectivity index is 1.87. The lowest BCUT2D eigenvalue weighted by Gasteiger charge is -2.34. The molecule has 132 valence electrons. The second-order valence-electron chi connectivity index (χ2n) is 7.00. The summed E-state index contributed by atoms with van der Waals surface area (Å²) in [4.78, 5) is 25.0. The molecule has 1 fully saturated rings. The molecular formula is C20H20BNO4. The minimum atomic E-state index is -2.42. The Morgan fingerprint density at radius 1 is 1.04 bits per heavy atom. The van der Waals surface area contributed by atoms with Crippen LogP contribution < -0.4 is 5.46 Å². The second kappa shape index (κ2) is 6.13. The van der Waals surface area contributed by atoms with Crippen molar-refractivity contribution in [2.75, 3.05) is 0 Å². The summed E-state index contributed by atoms with van der Waals surface area (Å²) in [5, 5.41) is 0. The third-order valence-corrected chi connectivity index (χ3v) is 5.24. The van der Waals surface area contributed by atoms with Gasteiger partial charge < -0.3 is 13.8 Å². The lowest BCUT2D eigenvalue weighted by atomic mass is 9.62. The molecule has 0 amide bonds. The average molecular weight is 349 g/mol. The molecule has 2 unspecified atom stereocenters.